The van der Waals surface area contributed by atoms with Gasteiger partial charge < -0.3 is 10.1 Å². The molecule has 1 saturated heterocycles. The minimum Gasteiger partial charge on any atom is -0.372 e. The lowest BCUT2D eigenvalue weighted by Crippen LogP contribution is -2.20. The van der Waals surface area contributed by atoms with Crippen molar-refractivity contribution in [3.05, 3.63) is 0 Å². The molecule has 0 amide bonds. The summed E-state index contributed by atoms with van der Waals surface area (Å²) < 4.78 is 4.86. The van der Waals surface area contributed by atoms with Crippen LogP contribution in [-0.2, 0) is 4.74 Å². The molecule has 1 fully saturated rings. The fourth-order valence-corrected chi connectivity index (χ4v) is 0.419. The molecular formula is C4H9N2O. The molecule has 1 atom stereocenters. The van der Waals surface area contributed by atoms with Crippen LogP contribution in [0.4, 0.5) is 0 Å². The maximum atomic E-state index is 6.66. The van der Waals surface area contributed by atoms with Crippen LogP contribution in [0.2, 0.25) is 0 Å². The monoisotopic (exact) mass is 101 g/mol. The molecule has 41 valence electrons. The van der Waals surface area contributed by atoms with E-state index >= 15 is 0 Å². The van der Waals surface area contributed by atoms with Gasteiger partial charge in [-0.3, -0.25) is 0 Å². The quantitative estimate of drug-likeness (QED) is 0.474. The third kappa shape index (κ3) is 1.87. The van der Waals surface area contributed by atoms with Crippen molar-refractivity contribution < 1.29 is 4.74 Å². The van der Waals surface area contributed by atoms with E-state index in [1.54, 1.807) is 0 Å². The molecule has 3 nitrogen and oxygen atoms in total. The predicted octanol–water partition coefficient (Wildman–Crippen LogP) is -0.785. The molecule has 2 N–H and O–H groups in total. The smallest absolute Gasteiger partial charge is 0.0934 e. The molecule has 3 heteroatoms. The second-order valence-electron chi connectivity index (χ2n) is 1.59. The fraction of sp³-hybridized carbons (Fsp3) is 1.00. The zero-order valence-electron chi connectivity index (χ0n) is 4.11. The van der Waals surface area contributed by atoms with Gasteiger partial charge >= 0.3 is 0 Å². The number of rotatable bonds is 3. The van der Waals surface area contributed by atoms with Gasteiger partial charge in [-0.05, 0) is 0 Å². The van der Waals surface area contributed by atoms with E-state index in [0.29, 0.717) is 12.8 Å². The van der Waals surface area contributed by atoms with Gasteiger partial charge in [-0.15, -0.1) is 0 Å². The Balaban J connectivity index is 1.80. The molecule has 0 saturated carbocycles. The van der Waals surface area contributed by atoms with Gasteiger partial charge in [0.2, 0.25) is 0 Å². The molecule has 1 unspecified atom stereocenters. The van der Waals surface area contributed by atoms with Gasteiger partial charge in [0.25, 0.3) is 0 Å². The summed E-state index contributed by atoms with van der Waals surface area (Å²) in [5.41, 5.74) is 6.66. The van der Waals surface area contributed by atoms with Crippen LogP contribution in [0.1, 0.15) is 0 Å². The Morgan fingerprint density at radius 2 is 2.57 bits per heavy atom. The predicted molar refractivity (Wildman–Crippen MR) is 25.7 cm³/mol. The van der Waals surface area contributed by atoms with E-state index in [1.165, 1.54) is 0 Å². The summed E-state index contributed by atoms with van der Waals surface area (Å²) in [6, 6.07) is 0. The molecule has 0 aromatic carbocycles. The number of ether oxygens (including phenoxy) is 1. The van der Waals surface area contributed by atoms with E-state index in [0.717, 1.165) is 13.2 Å². The van der Waals surface area contributed by atoms with Gasteiger partial charge in [0, 0.05) is 6.54 Å². The molecule has 1 radical (unpaired) electrons. The highest BCUT2D eigenvalue weighted by molar-refractivity contribution is 4.70. The van der Waals surface area contributed by atoms with E-state index in [4.69, 9.17) is 10.5 Å². The van der Waals surface area contributed by atoms with Crippen molar-refractivity contribution in [2.45, 2.75) is 6.10 Å². The van der Waals surface area contributed by atoms with Crippen molar-refractivity contribution in [2.75, 3.05) is 19.8 Å². The third-order valence-corrected chi connectivity index (χ3v) is 0.899. The maximum absolute atomic E-state index is 6.66. The van der Waals surface area contributed by atoms with Crippen molar-refractivity contribution in [1.29, 1.82) is 0 Å². The summed E-state index contributed by atoms with van der Waals surface area (Å²) in [4.78, 5) is 0. The first-order chi connectivity index (χ1) is 3.43. The molecule has 0 aliphatic carbocycles. The van der Waals surface area contributed by atoms with Crippen LogP contribution in [-0.4, -0.2) is 25.9 Å². The first-order valence-corrected chi connectivity index (χ1v) is 2.40. The molecular weight excluding hydrogens is 92.1 g/mol. The van der Waals surface area contributed by atoms with Crippen LogP contribution in [0.25, 0.3) is 0 Å². The lowest BCUT2D eigenvalue weighted by atomic mass is 10.5. The Kier molecular flexibility index (Phi) is 1.62. The molecule has 7 heavy (non-hydrogen) atoms. The van der Waals surface area contributed by atoms with Crippen LogP contribution < -0.4 is 11.1 Å². The summed E-state index contributed by atoms with van der Waals surface area (Å²) in [6.07, 6.45) is 0.422. The van der Waals surface area contributed by atoms with E-state index in [9.17, 15) is 0 Å². The summed E-state index contributed by atoms with van der Waals surface area (Å²) in [6.45, 7) is 2.04. The first kappa shape index (κ1) is 5.03. The SMILES string of the molecule is [NH]CNCC1CO1. The molecule has 0 spiro atoms. The van der Waals surface area contributed by atoms with Gasteiger partial charge in [0.05, 0.1) is 19.4 Å². The lowest BCUT2D eigenvalue weighted by Gasteiger charge is -1.91. The standard InChI is InChI=1S/C4H9N2O/c5-3-6-1-4-2-7-4/h4-6H,1-3H2. The highest BCUT2D eigenvalue weighted by Gasteiger charge is 2.20. The lowest BCUT2D eigenvalue weighted by molar-refractivity contribution is 0.397. The number of hydrogen-bond donors (Lipinski definition) is 1. The van der Waals surface area contributed by atoms with E-state index in [-0.39, 0.29) is 0 Å². The Bertz CT molecular complexity index is 53.7. The van der Waals surface area contributed by atoms with Crippen molar-refractivity contribution in [3.8, 4) is 0 Å². The average Bonchev–Trinajstić information content (AvgIpc) is 2.42. The Morgan fingerprint density at radius 3 is 3.00 bits per heavy atom. The maximum Gasteiger partial charge on any atom is 0.0934 e. The molecule has 1 heterocycles. The molecule has 1 aliphatic heterocycles. The first-order valence-electron chi connectivity index (χ1n) is 2.40. The molecule has 1 aliphatic rings. The minimum atomic E-state index is 0.305. The summed E-state index contributed by atoms with van der Waals surface area (Å²) >= 11 is 0. The van der Waals surface area contributed by atoms with Crippen LogP contribution in [0, 0.1) is 0 Å². The van der Waals surface area contributed by atoms with Crippen LogP contribution in [0.15, 0.2) is 0 Å². The largest absolute Gasteiger partial charge is 0.372 e. The summed E-state index contributed by atoms with van der Waals surface area (Å²) in [5, 5.41) is 2.85. The van der Waals surface area contributed by atoms with Crippen LogP contribution in [0.3, 0.4) is 0 Å². The Morgan fingerprint density at radius 1 is 1.86 bits per heavy atom. The zero-order chi connectivity index (χ0) is 5.11. The Labute approximate surface area is 42.8 Å². The zero-order valence-corrected chi connectivity index (χ0v) is 4.11. The molecule has 0 bridgehead atoms. The van der Waals surface area contributed by atoms with Crippen LogP contribution >= 0.6 is 0 Å². The highest BCUT2D eigenvalue weighted by atomic mass is 16.6. The van der Waals surface area contributed by atoms with Gasteiger partial charge in [-0.25, -0.2) is 5.73 Å². The molecule has 1 rings (SSSR count). The number of nitrogens with one attached hydrogen (secondary N) is 2. The Hall–Kier alpha value is -0.120. The van der Waals surface area contributed by atoms with Gasteiger partial charge in [0.15, 0.2) is 0 Å². The van der Waals surface area contributed by atoms with Gasteiger partial charge in [-0.2, -0.15) is 0 Å². The van der Waals surface area contributed by atoms with Gasteiger partial charge in [0.1, 0.15) is 0 Å². The van der Waals surface area contributed by atoms with Crippen molar-refractivity contribution >= 4 is 0 Å². The normalized spacial score (nSPS) is 27.9. The van der Waals surface area contributed by atoms with E-state index in [2.05, 4.69) is 5.32 Å². The van der Waals surface area contributed by atoms with Crippen LogP contribution in [0.5, 0.6) is 0 Å². The van der Waals surface area contributed by atoms with E-state index < -0.39 is 0 Å². The van der Waals surface area contributed by atoms with Crippen molar-refractivity contribution in [2.24, 2.45) is 0 Å². The van der Waals surface area contributed by atoms with E-state index in [1.807, 2.05) is 0 Å². The van der Waals surface area contributed by atoms with Gasteiger partial charge in [-0.1, -0.05) is 0 Å². The number of epoxide rings is 1. The minimum absolute atomic E-state index is 0.305. The third-order valence-electron chi connectivity index (χ3n) is 0.899. The van der Waals surface area contributed by atoms with Crippen molar-refractivity contribution in [1.82, 2.24) is 11.1 Å². The van der Waals surface area contributed by atoms with Crippen molar-refractivity contribution in [3.63, 3.8) is 0 Å². The second-order valence-corrected chi connectivity index (χ2v) is 1.59. The average molecular weight is 101 g/mol. The second kappa shape index (κ2) is 2.26. The molecule has 0 aromatic heterocycles. The topological polar surface area (TPSA) is 48.4 Å². The molecule has 0 aromatic rings. The fourth-order valence-electron chi connectivity index (χ4n) is 0.419. The summed E-state index contributed by atoms with van der Waals surface area (Å²) in [7, 11) is 0. The highest BCUT2D eigenvalue weighted by Crippen LogP contribution is 2.05. The summed E-state index contributed by atoms with van der Waals surface area (Å²) in [5.74, 6) is 0. The number of hydrogen-bond acceptors (Lipinski definition) is 2.